The fraction of sp³-hybridized carbons (Fsp3) is 0.182. The summed E-state index contributed by atoms with van der Waals surface area (Å²) in [7, 11) is 0. The van der Waals surface area contributed by atoms with Crippen molar-refractivity contribution in [1.29, 1.82) is 0 Å². The second-order valence-corrected chi connectivity index (χ2v) is 8.71. The molecule has 33 heavy (non-hydrogen) atoms. The van der Waals surface area contributed by atoms with Gasteiger partial charge in [0.05, 0.1) is 24.5 Å². The molecular formula is C22H19ClN2O6S2. The Bertz CT molecular complexity index is 1120. The molecule has 2 amide bonds. The van der Waals surface area contributed by atoms with Crippen molar-refractivity contribution in [3.05, 3.63) is 63.5 Å². The number of carboxylic acids is 1. The maximum atomic E-state index is 12.8. The number of benzene rings is 2. The number of hydrogen-bond donors (Lipinski definition) is 2. The van der Waals surface area contributed by atoms with E-state index >= 15 is 0 Å². The number of aliphatic carboxylic acids is 1. The van der Waals surface area contributed by atoms with Crippen LogP contribution in [0.25, 0.3) is 6.08 Å². The Morgan fingerprint density at radius 3 is 2.58 bits per heavy atom. The Kier molecular flexibility index (Phi) is 8.32. The minimum Gasteiger partial charge on any atom is -0.490 e. The largest absolute Gasteiger partial charge is 0.490 e. The van der Waals surface area contributed by atoms with Crippen LogP contribution >= 0.6 is 35.6 Å². The lowest BCUT2D eigenvalue weighted by Crippen LogP contribution is -2.44. The maximum absolute atomic E-state index is 12.8. The van der Waals surface area contributed by atoms with Gasteiger partial charge in [-0.1, -0.05) is 29.4 Å². The molecule has 1 fully saturated rings. The van der Waals surface area contributed by atoms with E-state index in [1.165, 1.54) is 0 Å². The highest BCUT2D eigenvalue weighted by atomic mass is 35.5. The number of thioether (sulfide) groups is 1. The van der Waals surface area contributed by atoms with Crippen LogP contribution in [0.5, 0.6) is 11.5 Å². The molecule has 0 spiro atoms. The number of rotatable bonds is 9. The summed E-state index contributed by atoms with van der Waals surface area (Å²) >= 11 is 12.1. The third-order valence-corrected chi connectivity index (χ3v) is 5.81. The van der Waals surface area contributed by atoms with Crippen LogP contribution in [0.2, 0.25) is 5.02 Å². The van der Waals surface area contributed by atoms with Crippen molar-refractivity contribution in [3.63, 3.8) is 0 Å². The first-order chi connectivity index (χ1) is 15.8. The number of halogens is 1. The zero-order valence-electron chi connectivity index (χ0n) is 17.4. The number of carboxylic acid groups (broad SMARTS) is 1. The second kappa shape index (κ2) is 11.2. The molecule has 3 rings (SSSR count). The number of nitrogens with zero attached hydrogens (tertiary/aromatic N) is 1. The van der Waals surface area contributed by atoms with Crippen molar-refractivity contribution >= 4 is 63.8 Å². The Balaban J connectivity index is 1.74. The lowest BCUT2D eigenvalue weighted by atomic mass is 10.2. The van der Waals surface area contributed by atoms with Crippen LogP contribution in [0.15, 0.2) is 47.4 Å². The monoisotopic (exact) mass is 506 g/mol. The number of hydrazine groups is 1. The van der Waals surface area contributed by atoms with E-state index in [2.05, 4.69) is 5.43 Å². The summed E-state index contributed by atoms with van der Waals surface area (Å²) in [5.41, 5.74) is 3.49. The highest BCUT2D eigenvalue weighted by Gasteiger charge is 2.33. The summed E-state index contributed by atoms with van der Waals surface area (Å²) in [6.45, 7) is 2.18. The molecule has 0 unspecified atom stereocenters. The van der Waals surface area contributed by atoms with Gasteiger partial charge in [-0.3, -0.25) is 19.8 Å². The predicted molar refractivity (Wildman–Crippen MR) is 129 cm³/mol. The van der Waals surface area contributed by atoms with Crippen LogP contribution in [-0.2, 0) is 9.59 Å². The first-order valence-corrected chi connectivity index (χ1v) is 11.3. The SMILES string of the molecule is CCOc1cc(/C=C2/SC(=S)N(NC(=O)c3ccc(Cl)cc3)C2=O)ccc1OCCC(=O)O. The fourth-order valence-corrected chi connectivity index (χ4v) is 4.04. The Morgan fingerprint density at radius 2 is 1.91 bits per heavy atom. The quantitative estimate of drug-likeness (QED) is 0.386. The van der Waals surface area contributed by atoms with Crippen LogP contribution in [-0.4, -0.2) is 45.4 Å². The maximum Gasteiger partial charge on any atom is 0.306 e. The number of hydrogen-bond acceptors (Lipinski definition) is 7. The van der Waals surface area contributed by atoms with Crippen LogP contribution in [0.1, 0.15) is 29.3 Å². The van der Waals surface area contributed by atoms with Crippen molar-refractivity contribution in [2.24, 2.45) is 0 Å². The Morgan fingerprint density at radius 1 is 1.18 bits per heavy atom. The summed E-state index contributed by atoms with van der Waals surface area (Å²) in [6, 6.07) is 11.3. The molecule has 0 bridgehead atoms. The van der Waals surface area contributed by atoms with E-state index in [1.807, 2.05) is 6.92 Å². The van der Waals surface area contributed by atoms with Gasteiger partial charge in [0, 0.05) is 10.6 Å². The molecule has 1 aliphatic heterocycles. The first-order valence-electron chi connectivity index (χ1n) is 9.74. The van der Waals surface area contributed by atoms with Gasteiger partial charge in [-0.2, -0.15) is 5.01 Å². The summed E-state index contributed by atoms with van der Waals surface area (Å²) in [5, 5.41) is 10.3. The van der Waals surface area contributed by atoms with Gasteiger partial charge >= 0.3 is 5.97 Å². The van der Waals surface area contributed by atoms with E-state index in [9.17, 15) is 14.4 Å². The van der Waals surface area contributed by atoms with E-state index in [4.69, 9.17) is 38.4 Å². The molecule has 172 valence electrons. The van der Waals surface area contributed by atoms with Gasteiger partial charge in [0.1, 0.15) is 0 Å². The molecular weight excluding hydrogens is 488 g/mol. The van der Waals surface area contributed by atoms with Gasteiger partial charge in [0.15, 0.2) is 15.8 Å². The molecule has 2 N–H and O–H groups in total. The molecule has 1 heterocycles. The zero-order chi connectivity index (χ0) is 24.0. The number of carbonyl (C=O) groups excluding carboxylic acids is 2. The molecule has 1 aliphatic rings. The van der Waals surface area contributed by atoms with E-state index in [0.29, 0.717) is 39.2 Å². The van der Waals surface area contributed by atoms with Gasteiger partial charge in [-0.15, -0.1) is 0 Å². The topological polar surface area (TPSA) is 105 Å². The van der Waals surface area contributed by atoms with Gasteiger partial charge in [-0.05, 0) is 67.2 Å². The number of nitrogens with one attached hydrogen (secondary N) is 1. The van der Waals surface area contributed by atoms with E-state index in [0.717, 1.165) is 16.8 Å². The average molecular weight is 507 g/mol. The molecule has 0 saturated carbocycles. The second-order valence-electron chi connectivity index (χ2n) is 6.60. The van der Waals surface area contributed by atoms with Crippen molar-refractivity contribution in [1.82, 2.24) is 10.4 Å². The third-order valence-electron chi connectivity index (χ3n) is 4.25. The molecule has 11 heteroatoms. The van der Waals surface area contributed by atoms with Crippen molar-refractivity contribution in [3.8, 4) is 11.5 Å². The Hall–Kier alpha value is -3.08. The van der Waals surface area contributed by atoms with Crippen molar-refractivity contribution in [2.75, 3.05) is 13.2 Å². The van der Waals surface area contributed by atoms with Gasteiger partial charge < -0.3 is 14.6 Å². The first kappa shape index (κ1) is 24.6. The highest BCUT2D eigenvalue weighted by molar-refractivity contribution is 8.26. The summed E-state index contributed by atoms with van der Waals surface area (Å²) < 4.78 is 11.3. The lowest BCUT2D eigenvalue weighted by Gasteiger charge is -2.15. The molecule has 2 aromatic carbocycles. The van der Waals surface area contributed by atoms with Crippen LogP contribution in [0.4, 0.5) is 0 Å². The summed E-state index contributed by atoms with van der Waals surface area (Å²) in [4.78, 5) is 36.3. The third kappa shape index (κ3) is 6.47. The van der Waals surface area contributed by atoms with Gasteiger partial charge in [0.2, 0.25) is 0 Å². The van der Waals surface area contributed by atoms with Gasteiger partial charge in [0.25, 0.3) is 11.8 Å². The smallest absolute Gasteiger partial charge is 0.306 e. The van der Waals surface area contributed by atoms with Gasteiger partial charge in [-0.25, -0.2) is 0 Å². The molecule has 0 radical (unpaired) electrons. The lowest BCUT2D eigenvalue weighted by molar-refractivity contribution is -0.137. The van der Waals surface area contributed by atoms with Crippen LogP contribution in [0, 0.1) is 0 Å². The number of thiocarbonyl (C=S) groups is 1. The standard InChI is InChI=1S/C22H19ClN2O6S2/c1-2-30-17-11-13(3-8-16(17)31-10-9-19(26)27)12-18-21(29)25(22(32)33-18)24-20(28)14-4-6-15(23)7-5-14/h3-8,11-12H,2,9-10H2,1H3,(H,24,28)(H,26,27)/b18-12+. The molecule has 8 nitrogen and oxygen atoms in total. The van der Waals surface area contributed by atoms with E-state index in [1.54, 1.807) is 48.5 Å². The minimum absolute atomic E-state index is 0.000724. The molecule has 1 saturated heterocycles. The van der Waals surface area contributed by atoms with Crippen LogP contribution in [0.3, 0.4) is 0 Å². The normalized spacial score (nSPS) is 14.5. The van der Waals surface area contributed by atoms with Crippen molar-refractivity contribution in [2.45, 2.75) is 13.3 Å². The van der Waals surface area contributed by atoms with Crippen molar-refractivity contribution < 1.29 is 29.0 Å². The van der Waals surface area contributed by atoms with E-state index < -0.39 is 17.8 Å². The summed E-state index contributed by atoms with van der Waals surface area (Å²) in [6.07, 6.45) is 1.48. The molecule has 2 aromatic rings. The number of carbonyl (C=O) groups is 3. The predicted octanol–water partition coefficient (Wildman–Crippen LogP) is 4.14. The van der Waals surface area contributed by atoms with E-state index in [-0.39, 0.29) is 17.3 Å². The minimum atomic E-state index is -0.963. The zero-order valence-corrected chi connectivity index (χ0v) is 19.8. The molecule has 0 aromatic heterocycles. The summed E-state index contributed by atoms with van der Waals surface area (Å²) in [5.74, 6) is -1.10. The Labute approximate surface area is 204 Å². The highest BCUT2D eigenvalue weighted by Crippen LogP contribution is 2.34. The fourth-order valence-electron chi connectivity index (χ4n) is 2.73. The van der Waals surface area contributed by atoms with Crippen LogP contribution < -0.4 is 14.9 Å². The number of ether oxygens (including phenoxy) is 2. The molecule has 0 aliphatic carbocycles. The average Bonchev–Trinajstić information content (AvgIpc) is 3.03. The number of amides is 2. The molecule has 0 atom stereocenters.